The molecule has 0 unspecified atom stereocenters. The molecule has 0 bridgehead atoms. The van der Waals surface area contributed by atoms with E-state index in [4.69, 9.17) is 5.11 Å². The molecule has 5 nitrogen and oxygen atoms in total. The molecule has 1 rings (SSSR count). The molecule has 0 aliphatic rings. The van der Waals surface area contributed by atoms with Crippen molar-refractivity contribution in [2.75, 3.05) is 24.6 Å². The van der Waals surface area contributed by atoms with Crippen LogP contribution in [0.2, 0.25) is 0 Å². The second-order valence-electron chi connectivity index (χ2n) is 4.18. The van der Waals surface area contributed by atoms with Gasteiger partial charge in [-0.15, -0.1) is 0 Å². The van der Waals surface area contributed by atoms with E-state index in [0.717, 1.165) is 18.7 Å². The minimum Gasteiger partial charge on any atom is -0.395 e. The van der Waals surface area contributed by atoms with Crippen LogP contribution in [0.5, 0.6) is 0 Å². The highest BCUT2D eigenvalue weighted by Crippen LogP contribution is 2.10. The Hall–Kier alpha value is -1.20. The average molecular weight is 238 g/mol. The summed E-state index contributed by atoms with van der Waals surface area (Å²) in [7, 11) is 0. The van der Waals surface area contributed by atoms with Crippen molar-refractivity contribution in [1.82, 2.24) is 15.3 Å². The predicted molar refractivity (Wildman–Crippen MR) is 69.0 cm³/mol. The molecule has 1 heterocycles. The van der Waals surface area contributed by atoms with E-state index in [-0.39, 0.29) is 12.6 Å². The number of aromatic nitrogens is 2. The number of anilines is 1. The highest BCUT2D eigenvalue weighted by Gasteiger charge is 2.12. The van der Waals surface area contributed by atoms with Gasteiger partial charge in [0.2, 0.25) is 5.95 Å². The molecular weight excluding hydrogens is 216 g/mol. The van der Waals surface area contributed by atoms with Gasteiger partial charge in [0.15, 0.2) is 0 Å². The fourth-order valence-corrected chi connectivity index (χ4v) is 1.55. The summed E-state index contributed by atoms with van der Waals surface area (Å²) in [6.07, 6.45) is 3.66. The van der Waals surface area contributed by atoms with E-state index in [9.17, 15) is 0 Å². The molecule has 0 aromatic carbocycles. The molecule has 0 saturated heterocycles. The first-order chi connectivity index (χ1) is 8.19. The van der Waals surface area contributed by atoms with Crippen LogP contribution in [0.3, 0.4) is 0 Å². The van der Waals surface area contributed by atoms with Crippen molar-refractivity contribution in [3.05, 3.63) is 18.0 Å². The topological polar surface area (TPSA) is 61.3 Å². The fraction of sp³-hybridized carbons (Fsp3) is 0.667. The zero-order valence-electron chi connectivity index (χ0n) is 10.8. The number of nitrogens with one attached hydrogen (secondary N) is 1. The summed E-state index contributed by atoms with van der Waals surface area (Å²) in [5.41, 5.74) is 1.07. The lowest BCUT2D eigenvalue weighted by molar-refractivity contribution is 0.298. The summed E-state index contributed by atoms with van der Waals surface area (Å²) in [6.45, 7) is 8.59. The third kappa shape index (κ3) is 4.28. The summed E-state index contributed by atoms with van der Waals surface area (Å²) in [5, 5.41) is 12.2. The maximum atomic E-state index is 9.01. The normalized spacial score (nSPS) is 10.9. The molecule has 0 aliphatic heterocycles. The molecule has 0 radical (unpaired) electrons. The second-order valence-corrected chi connectivity index (χ2v) is 4.18. The van der Waals surface area contributed by atoms with Crippen molar-refractivity contribution in [1.29, 1.82) is 0 Å². The second kappa shape index (κ2) is 7.19. The lowest BCUT2D eigenvalue weighted by Gasteiger charge is -2.25. The summed E-state index contributed by atoms with van der Waals surface area (Å²) in [6, 6.07) is 0.279. The minimum absolute atomic E-state index is 0.112. The van der Waals surface area contributed by atoms with E-state index in [1.165, 1.54) is 0 Å². The van der Waals surface area contributed by atoms with Crippen molar-refractivity contribution in [3.63, 3.8) is 0 Å². The Morgan fingerprint density at radius 2 is 2.00 bits per heavy atom. The van der Waals surface area contributed by atoms with E-state index in [0.29, 0.717) is 12.5 Å². The van der Waals surface area contributed by atoms with Crippen LogP contribution in [0, 0.1) is 0 Å². The molecule has 96 valence electrons. The van der Waals surface area contributed by atoms with Crippen LogP contribution >= 0.6 is 0 Å². The van der Waals surface area contributed by atoms with Gasteiger partial charge in [0.05, 0.1) is 6.61 Å². The van der Waals surface area contributed by atoms with Crippen molar-refractivity contribution in [2.24, 2.45) is 0 Å². The summed E-state index contributed by atoms with van der Waals surface area (Å²) in [5.74, 6) is 0.675. The van der Waals surface area contributed by atoms with Crippen molar-refractivity contribution < 1.29 is 5.11 Å². The number of aliphatic hydroxyl groups is 1. The molecule has 1 aromatic rings. The van der Waals surface area contributed by atoms with E-state index in [1.54, 1.807) is 0 Å². The zero-order valence-corrected chi connectivity index (χ0v) is 10.8. The number of hydrogen-bond donors (Lipinski definition) is 2. The largest absolute Gasteiger partial charge is 0.395 e. The average Bonchev–Trinajstić information content (AvgIpc) is 2.34. The van der Waals surface area contributed by atoms with Gasteiger partial charge in [-0.25, -0.2) is 9.97 Å². The van der Waals surface area contributed by atoms with E-state index in [1.807, 2.05) is 17.3 Å². The lowest BCUT2D eigenvalue weighted by atomic mass is 10.3. The van der Waals surface area contributed by atoms with Gasteiger partial charge >= 0.3 is 0 Å². The van der Waals surface area contributed by atoms with Crippen molar-refractivity contribution in [2.45, 2.75) is 33.4 Å². The van der Waals surface area contributed by atoms with Gasteiger partial charge in [0, 0.05) is 37.1 Å². The molecule has 2 N–H and O–H groups in total. The Bertz CT molecular complexity index is 313. The number of rotatable bonds is 7. The maximum Gasteiger partial charge on any atom is 0.225 e. The van der Waals surface area contributed by atoms with Gasteiger partial charge in [-0.05, 0) is 20.4 Å². The predicted octanol–water partition coefficient (Wildman–Crippen LogP) is 0.793. The number of hydrogen-bond acceptors (Lipinski definition) is 5. The Morgan fingerprint density at radius 3 is 2.47 bits per heavy atom. The molecule has 5 heteroatoms. The third-order valence-corrected chi connectivity index (χ3v) is 2.49. The molecule has 0 amide bonds. The van der Waals surface area contributed by atoms with Gasteiger partial charge in [0.1, 0.15) is 0 Å². The first kappa shape index (κ1) is 13.9. The smallest absolute Gasteiger partial charge is 0.225 e. The minimum atomic E-state index is 0.112. The molecule has 0 aliphatic carbocycles. The van der Waals surface area contributed by atoms with Gasteiger partial charge in [0.25, 0.3) is 0 Å². The first-order valence-electron chi connectivity index (χ1n) is 6.08. The van der Waals surface area contributed by atoms with Crippen LogP contribution in [0.15, 0.2) is 12.4 Å². The fourth-order valence-electron chi connectivity index (χ4n) is 1.55. The van der Waals surface area contributed by atoms with Crippen LogP contribution in [0.1, 0.15) is 26.3 Å². The van der Waals surface area contributed by atoms with Gasteiger partial charge in [-0.2, -0.15) is 0 Å². The van der Waals surface area contributed by atoms with Crippen molar-refractivity contribution in [3.8, 4) is 0 Å². The Morgan fingerprint density at radius 1 is 1.35 bits per heavy atom. The molecule has 0 fully saturated rings. The first-order valence-corrected chi connectivity index (χ1v) is 6.08. The highest BCUT2D eigenvalue weighted by molar-refractivity contribution is 5.31. The number of nitrogens with zero attached hydrogens (tertiary/aromatic N) is 3. The zero-order chi connectivity index (χ0) is 12.7. The van der Waals surface area contributed by atoms with Crippen LogP contribution < -0.4 is 10.2 Å². The molecule has 17 heavy (non-hydrogen) atoms. The van der Waals surface area contributed by atoms with Crippen LogP contribution in [-0.2, 0) is 6.54 Å². The Kier molecular flexibility index (Phi) is 5.86. The van der Waals surface area contributed by atoms with Crippen LogP contribution in [-0.4, -0.2) is 40.8 Å². The molecule has 0 atom stereocenters. The third-order valence-electron chi connectivity index (χ3n) is 2.49. The standard InChI is InChI=1S/C12H22N4O/c1-4-13-7-11-8-14-12(15-9-11)16(5-6-17)10(2)3/h8-10,13,17H,4-7H2,1-3H3. The monoisotopic (exact) mass is 238 g/mol. The van der Waals surface area contributed by atoms with E-state index >= 15 is 0 Å². The molecular formula is C12H22N4O. The Labute approximate surface area is 103 Å². The lowest BCUT2D eigenvalue weighted by Crippen LogP contribution is -2.34. The van der Waals surface area contributed by atoms with Crippen molar-refractivity contribution >= 4 is 5.95 Å². The van der Waals surface area contributed by atoms with Gasteiger partial charge in [-0.3, -0.25) is 0 Å². The molecule has 0 saturated carbocycles. The molecule has 1 aromatic heterocycles. The van der Waals surface area contributed by atoms with E-state index < -0.39 is 0 Å². The van der Waals surface area contributed by atoms with Crippen LogP contribution in [0.25, 0.3) is 0 Å². The summed E-state index contributed by atoms with van der Waals surface area (Å²) in [4.78, 5) is 10.7. The van der Waals surface area contributed by atoms with Crippen LogP contribution in [0.4, 0.5) is 5.95 Å². The summed E-state index contributed by atoms with van der Waals surface area (Å²) >= 11 is 0. The highest BCUT2D eigenvalue weighted by atomic mass is 16.3. The quantitative estimate of drug-likeness (QED) is 0.735. The van der Waals surface area contributed by atoms with Gasteiger partial charge in [-0.1, -0.05) is 6.92 Å². The number of aliphatic hydroxyl groups excluding tert-OH is 1. The molecule has 0 spiro atoms. The maximum absolute atomic E-state index is 9.01. The van der Waals surface area contributed by atoms with Gasteiger partial charge < -0.3 is 15.3 Å². The Balaban J connectivity index is 2.70. The summed E-state index contributed by atoms with van der Waals surface area (Å²) < 4.78 is 0. The SMILES string of the molecule is CCNCc1cnc(N(CCO)C(C)C)nc1. The van der Waals surface area contributed by atoms with E-state index in [2.05, 4.69) is 36.1 Å².